The van der Waals surface area contributed by atoms with Crippen LogP contribution in [0.3, 0.4) is 0 Å². The molecule has 0 bridgehead atoms. The molecule has 1 aliphatic heterocycles. The molecule has 1 saturated heterocycles. The van der Waals surface area contributed by atoms with Gasteiger partial charge in [-0.15, -0.1) is 0 Å². The summed E-state index contributed by atoms with van der Waals surface area (Å²) in [5.41, 5.74) is 2.57. The zero-order valence-corrected chi connectivity index (χ0v) is 8.10. The van der Waals surface area contributed by atoms with Crippen LogP contribution in [0.1, 0.15) is 26.2 Å². The van der Waals surface area contributed by atoms with Crippen molar-refractivity contribution in [2.75, 3.05) is 5.75 Å². The molecule has 5 heteroatoms. The number of hydrogen-bond donors (Lipinski definition) is 2. The third-order valence-electron chi connectivity index (χ3n) is 2.48. The molecule has 0 radical (unpaired) electrons. The van der Waals surface area contributed by atoms with E-state index in [1.807, 2.05) is 6.92 Å². The lowest BCUT2D eigenvalue weighted by atomic mass is 10.1. The van der Waals surface area contributed by atoms with Gasteiger partial charge in [-0.3, -0.25) is 11.3 Å². The van der Waals surface area contributed by atoms with Gasteiger partial charge >= 0.3 is 0 Å². The van der Waals surface area contributed by atoms with Gasteiger partial charge in [-0.25, -0.2) is 8.42 Å². The number of nitrogens with two attached hydrogens (primary N) is 1. The number of rotatable bonds is 3. The van der Waals surface area contributed by atoms with Crippen LogP contribution in [0.5, 0.6) is 0 Å². The normalized spacial score (nSPS) is 30.3. The van der Waals surface area contributed by atoms with Gasteiger partial charge in [-0.05, 0) is 19.3 Å². The molecule has 2 unspecified atom stereocenters. The molecule has 4 nitrogen and oxygen atoms in total. The highest BCUT2D eigenvalue weighted by Crippen LogP contribution is 2.23. The van der Waals surface area contributed by atoms with E-state index in [0.29, 0.717) is 5.75 Å². The van der Waals surface area contributed by atoms with Gasteiger partial charge in [0.25, 0.3) is 0 Å². The smallest absolute Gasteiger partial charge is 0.154 e. The lowest BCUT2D eigenvalue weighted by molar-refractivity contribution is 0.469. The van der Waals surface area contributed by atoms with E-state index in [1.54, 1.807) is 0 Å². The lowest BCUT2D eigenvalue weighted by Gasteiger charge is -2.19. The molecule has 0 aromatic heterocycles. The second-order valence-electron chi connectivity index (χ2n) is 3.23. The summed E-state index contributed by atoms with van der Waals surface area (Å²) in [6, 6.07) is -0.0718. The summed E-state index contributed by atoms with van der Waals surface area (Å²) in [4.78, 5) is 0. The topological polar surface area (TPSA) is 72.2 Å². The molecule has 1 rings (SSSR count). The molecule has 0 spiro atoms. The number of hydrogen-bond acceptors (Lipinski definition) is 4. The average Bonchev–Trinajstić information content (AvgIpc) is 2.34. The van der Waals surface area contributed by atoms with Crippen molar-refractivity contribution < 1.29 is 8.42 Å². The van der Waals surface area contributed by atoms with Crippen LogP contribution in [-0.4, -0.2) is 25.5 Å². The Labute approximate surface area is 73.4 Å². The number of nitrogens with one attached hydrogen (secondary N) is 1. The molecular weight excluding hydrogens is 176 g/mol. The molecule has 0 aliphatic carbocycles. The van der Waals surface area contributed by atoms with Crippen LogP contribution in [0.15, 0.2) is 0 Å². The molecule has 0 amide bonds. The molecule has 2 atom stereocenters. The van der Waals surface area contributed by atoms with E-state index in [-0.39, 0.29) is 11.3 Å². The zero-order chi connectivity index (χ0) is 9.19. The Kier molecular flexibility index (Phi) is 3.09. The van der Waals surface area contributed by atoms with Crippen LogP contribution in [0.25, 0.3) is 0 Å². The van der Waals surface area contributed by atoms with Crippen molar-refractivity contribution >= 4 is 9.84 Å². The fourth-order valence-electron chi connectivity index (χ4n) is 1.76. The van der Waals surface area contributed by atoms with E-state index >= 15 is 0 Å². The van der Waals surface area contributed by atoms with E-state index in [1.165, 1.54) is 0 Å². The molecule has 72 valence electrons. The zero-order valence-electron chi connectivity index (χ0n) is 7.29. The van der Waals surface area contributed by atoms with Gasteiger partial charge < -0.3 is 0 Å². The SMILES string of the molecule is CCC(NN)C1CCCS1(=O)=O. The van der Waals surface area contributed by atoms with E-state index in [4.69, 9.17) is 5.84 Å². The second kappa shape index (κ2) is 3.72. The molecular formula is C7H16N2O2S. The van der Waals surface area contributed by atoms with Crippen molar-refractivity contribution in [3.05, 3.63) is 0 Å². The minimum absolute atomic E-state index is 0.0718. The molecule has 1 heterocycles. The summed E-state index contributed by atoms with van der Waals surface area (Å²) in [5.74, 6) is 5.60. The van der Waals surface area contributed by atoms with E-state index in [2.05, 4.69) is 5.43 Å². The molecule has 1 fully saturated rings. The summed E-state index contributed by atoms with van der Waals surface area (Å²) in [7, 11) is -2.85. The van der Waals surface area contributed by atoms with Gasteiger partial charge in [0.05, 0.1) is 11.0 Å². The van der Waals surface area contributed by atoms with Gasteiger partial charge in [0.2, 0.25) is 0 Å². The summed E-state index contributed by atoms with van der Waals surface area (Å²) < 4.78 is 22.9. The third kappa shape index (κ3) is 1.78. The fraction of sp³-hybridized carbons (Fsp3) is 1.00. The van der Waals surface area contributed by atoms with Gasteiger partial charge in [-0.2, -0.15) is 0 Å². The van der Waals surface area contributed by atoms with E-state index in [0.717, 1.165) is 19.3 Å². The number of sulfone groups is 1. The Morgan fingerprint density at radius 2 is 2.33 bits per heavy atom. The Morgan fingerprint density at radius 1 is 1.67 bits per heavy atom. The third-order valence-corrected chi connectivity index (χ3v) is 4.83. The largest absolute Gasteiger partial charge is 0.271 e. The summed E-state index contributed by atoms with van der Waals surface area (Å²) in [5, 5.41) is -0.257. The van der Waals surface area contributed by atoms with Crippen LogP contribution >= 0.6 is 0 Å². The summed E-state index contributed by atoms with van der Waals surface area (Å²) >= 11 is 0. The highest BCUT2D eigenvalue weighted by molar-refractivity contribution is 7.92. The van der Waals surface area contributed by atoms with Crippen LogP contribution in [0.2, 0.25) is 0 Å². The quantitative estimate of drug-likeness (QED) is 0.480. The summed E-state index contributed by atoms with van der Waals surface area (Å²) in [6.45, 7) is 1.94. The predicted octanol–water partition coefficient (Wildman–Crippen LogP) is -0.195. The maximum absolute atomic E-state index is 11.4. The van der Waals surface area contributed by atoms with Crippen molar-refractivity contribution in [1.29, 1.82) is 0 Å². The van der Waals surface area contributed by atoms with Crippen LogP contribution in [0.4, 0.5) is 0 Å². The van der Waals surface area contributed by atoms with Crippen molar-refractivity contribution in [2.45, 2.75) is 37.5 Å². The Bertz CT molecular complexity index is 234. The van der Waals surface area contributed by atoms with Gasteiger partial charge in [0, 0.05) is 6.04 Å². The van der Waals surface area contributed by atoms with Gasteiger partial charge in [0.15, 0.2) is 9.84 Å². The molecule has 12 heavy (non-hydrogen) atoms. The number of hydrazine groups is 1. The Morgan fingerprint density at radius 3 is 2.67 bits per heavy atom. The second-order valence-corrected chi connectivity index (χ2v) is 5.57. The van der Waals surface area contributed by atoms with Crippen molar-refractivity contribution in [2.24, 2.45) is 5.84 Å². The highest BCUT2D eigenvalue weighted by Gasteiger charge is 2.36. The van der Waals surface area contributed by atoms with Crippen molar-refractivity contribution in [1.82, 2.24) is 5.43 Å². The highest BCUT2D eigenvalue weighted by atomic mass is 32.2. The maximum atomic E-state index is 11.4. The van der Waals surface area contributed by atoms with E-state index < -0.39 is 9.84 Å². The molecule has 3 N–H and O–H groups in total. The Hall–Kier alpha value is -0.130. The monoisotopic (exact) mass is 192 g/mol. The maximum Gasteiger partial charge on any atom is 0.154 e. The van der Waals surface area contributed by atoms with Crippen molar-refractivity contribution in [3.8, 4) is 0 Å². The first-order valence-electron chi connectivity index (χ1n) is 4.29. The van der Waals surface area contributed by atoms with Gasteiger partial charge in [-0.1, -0.05) is 6.92 Å². The molecule has 0 saturated carbocycles. The first kappa shape index (κ1) is 9.95. The first-order valence-corrected chi connectivity index (χ1v) is 6.01. The lowest BCUT2D eigenvalue weighted by Crippen LogP contribution is -2.45. The Balaban J connectivity index is 2.74. The molecule has 0 aromatic rings. The standard InChI is InChI=1S/C7H16N2O2S/c1-2-6(9-8)7-4-3-5-12(7,10)11/h6-7,9H,2-5,8H2,1H3. The van der Waals surface area contributed by atoms with E-state index in [9.17, 15) is 8.42 Å². The summed E-state index contributed by atoms with van der Waals surface area (Å²) in [6.07, 6.45) is 2.30. The molecule has 1 aliphatic rings. The first-order chi connectivity index (χ1) is 5.61. The van der Waals surface area contributed by atoms with Crippen LogP contribution in [0, 0.1) is 0 Å². The minimum Gasteiger partial charge on any atom is -0.271 e. The minimum atomic E-state index is -2.85. The average molecular weight is 192 g/mol. The van der Waals surface area contributed by atoms with Gasteiger partial charge in [0.1, 0.15) is 0 Å². The van der Waals surface area contributed by atoms with Crippen molar-refractivity contribution in [3.63, 3.8) is 0 Å². The fourth-order valence-corrected chi connectivity index (χ4v) is 3.93. The predicted molar refractivity (Wildman–Crippen MR) is 48.2 cm³/mol. The van der Waals surface area contributed by atoms with Crippen LogP contribution < -0.4 is 11.3 Å². The molecule has 0 aromatic carbocycles. The van der Waals surface area contributed by atoms with Crippen LogP contribution in [-0.2, 0) is 9.84 Å².